The highest BCUT2D eigenvalue weighted by Crippen LogP contribution is 2.64. The van der Waals surface area contributed by atoms with Gasteiger partial charge in [0.05, 0.1) is 5.39 Å². The van der Waals surface area contributed by atoms with E-state index in [-0.39, 0.29) is 0 Å². The lowest BCUT2D eigenvalue weighted by molar-refractivity contribution is 0.326. The van der Waals surface area contributed by atoms with Gasteiger partial charge in [0.25, 0.3) is 0 Å². The Hall–Kier alpha value is -2.87. The van der Waals surface area contributed by atoms with E-state index < -0.39 is 0 Å². The van der Waals surface area contributed by atoms with Crippen molar-refractivity contribution >= 4 is 27.4 Å². The van der Waals surface area contributed by atoms with E-state index in [1.165, 1.54) is 10.3 Å². The summed E-state index contributed by atoms with van der Waals surface area (Å²) in [5.74, 6) is 2.86. The molecule has 1 saturated heterocycles. The van der Waals surface area contributed by atoms with Crippen LogP contribution in [0, 0.1) is 5.41 Å². The molecule has 1 unspecified atom stereocenters. The molecule has 0 aromatic carbocycles. The number of piperidine rings is 1. The molecule has 2 fully saturated rings. The van der Waals surface area contributed by atoms with Gasteiger partial charge in [-0.2, -0.15) is 4.98 Å². The second-order valence-electron chi connectivity index (χ2n) is 8.29. The molecule has 0 bridgehead atoms. The molecule has 5 heterocycles. The van der Waals surface area contributed by atoms with Crippen LogP contribution in [0.3, 0.4) is 0 Å². The number of anilines is 1. The number of aromatic nitrogens is 5. The number of fused-ring (bicyclic) bond motifs is 1. The smallest absolute Gasteiger partial charge is 0.230 e. The Morgan fingerprint density at radius 1 is 1.27 bits per heavy atom. The Bertz CT molecular complexity index is 1190. The zero-order chi connectivity index (χ0) is 20.1. The second-order valence-corrected chi connectivity index (χ2v) is 9.40. The van der Waals surface area contributed by atoms with Crippen LogP contribution in [0.4, 0.5) is 5.82 Å². The van der Waals surface area contributed by atoms with Gasteiger partial charge in [0, 0.05) is 41.8 Å². The summed E-state index contributed by atoms with van der Waals surface area (Å²) in [7, 11) is 0. The van der Waals surface area contributed by atoms with Gasteiger partial charge in [0.1, 0.15) is 17.0 Å². The molecule has 8 heteroatoms. The zero-order valence-corrected chi connectivity index (χ0v) is 17.6. The maximum absolute atomic E-state index is 5.63. The molecule has 0 amide bonds. The number of nitrogens with zero attached hydrogens (tertiary/aromatic N) is 6. The highest BCUT2D eigenvalue weighted by molar-refractivity contribution is 7.18. The van der Waals surface area contributed by atoms with Gasteiger partial charge in [-0.3, -0.25) is 4.98 Å². The van der Waals surface area contributed by atoms with Crippen molar-refractivity contribution in [3.05, 3.63) is 47.7 Å². The number of hydrogen-bond donors (Lipinski definition) is 0. The third-order valence-corrected chi connectivity index (χ3v) is 7.80. The molecule has 6 rings (SSSR count). The summed E-state index contributed by atoms with van der Waals surface area (Å²) in [6, 6.07) is 6.11. The molecule has 0 radical (unpaired) electrons. The van der Waals surface area contributed by atoms with Gasteiger partial charge < -0.3 is 9.42 Å². The molecule has 1 spiro atoms. The van der Waals surface area contributed by atoms with Crippen LogP contribution in [0.5, 0.6) is 0 Å². The Morgan fingerprint density at radius 2 is 2.17 bits per heavy atom. The molecule has 1 saturated carbocycles. The lowest BCUT2D eigenvalue weighted by Crippen LogP contribution is -2.35. The molecule has 1 atom stereocenters. The summed E-state index contributed by atoms with van der Waals surface area (Å²) in [6.45, 7) is 4.19. The molecule has 0 N–H and O–H groups in total. The van der Waals surface area contributed by atoms with E-state index in [4.69, 9.17) is 4.52 Å². The fourth-order valence-electron chi connectivity index (χ4n) is 4.72. The zero-order valence-electron chi connectivity index (χ0n) is 16.8. The van der Waals surface area contributed by atoms with Crippen molar-refractivity contribution in [2.24, 2.45) is 5.41 Å². The minimum absolute atomic E-state index is 0.296. The summed E-state index contributed by atoms with van der Waals surface area (Å²) in [5, 5.41) is 5.38. The van der Waals surface area contributed by atoms with Crippen molar-refractivity contribution in [3.63, 3.8) is 0 Å². The molecule has 4 aromatic rings. The highest BCUT2D eigenvalue weighted by Gasteiger charge is 2.58. The first kappa shape index (κ1) is 17.9. The lowest BCUT2D eigenvalue weighted by atomic mass is 9.90. The summed E-state index contributed by atoms with van der Waals surface area (Å²) >= 11 is 1.78. The van der Waals surface area contributed by atoms with Gasteiger partial charge in [-0.25, -0.2) is 9.97 Å². The van der Waals surface area contributed by atoms with Crippen LogP contribution < -0.4 is 4.90 Å². The van der Waals surface area contributed by atoms with Crippen LogP contribution in [-0.4, -0.2) is 38.2 Å². The Labute approximate surface area is 178 Å². The van der Waals surface area contributed by atoms with Crippen LogP contribution in [0.15, 0.2) is 41.4 Å². The van der Waals surface area contributed by atoms with E-state index in [1.807, 2.05) is 12.1 Å². The van der Waals surface area contributed by atoms with Crippen LogP contribution in [-0.2, 0) is 6.42 Å². The molecule has 7 nitrogen and oxygen atoms in total. The van der Waals surface area contributed by atoms with E-state index >= 15 is 0 Å². The summed E-state index contributed by atoms with van der Waals surface area (Å²) in [6.07, 6.45) is 9.64. The average Bonchev–Trinajstić information content (AvgIpc) is 3.15. The van der Waals surface area contributed by atoms with E-state index in [0.717, 1.165) is 60.9 Å². The standard InChI is InChI=1S/C22H22N6OS/c1-2-15-10-16-19(24-13-25-21(16)30-15)28-8-5-22(6-9-28)11-17(22)20-26-18(27-29-20)14-4-3-7-23-12-14/h3-4,7,10,12-13,17H,2,5-6,8-9,11H2,1H3. The van der Waals surface area contributed by atoms with Crippen molar-refractivity contribution in [1.82, 2.24) is 25.1 Å². The average molecular weight is 419 g/mol. The summed E-state index contributed by atoms with van der Waals surface area (Å²) in [5.41, 5.74) is 1.19. The molecular formula is C22H22N6OS. The fourth-order valence-corrected chi connectivity index (χ4v) is 5.65. The maximum atomic E-state index is 5.63. The third-order valence-electron chi connectivity index (χ3n) is 6.62. The number of rotatable bonds is 4. The predicted molar refractivity (Wildman–Crippen MR) is 116 cm³/mol. The predicted octanol–water partition coefficient (Wildman–Crippen LogP) is 4.47. The molecular weight excluding hydrogens is 396 g/mol. The maximum Gasteiger partial charge on any atom is 0.230 e. The Kier molecular flexibility index (Phi) is 4.09. The first-order valence-electron chi connectivity index (χ1n) is 10.5. The first-order chi connectivity index (χ1) is 14.8. The van der Waals surface area contributed by atoms with Gasteiger partial charge >= 0.3 is 0 Å². The molecule has 1 aliphatic heterocycles. The number of hydrogen-bond acceptors (Lipinski definition) is 8. The van der Waals surface area contributed by atoms with E-state index in [0.29, 0.717) is 17.2 Å². The number of pyridine rings is 1. The molecule has 1 aliphatic carbocycles. The second kappa shape index (κ2) is 6.84. The van der Waals surface area contributed by atoms with Gasteiger partial charge in [-0.1, -0.05) is 12.1 Å². The topological polar surface area (TPSA) is 80.8 Å². The number of thiophene rings is 1. The van der Waals surface area contributed by atoms with Gasteiger partial charge in [0.2, 0.25) is 11.7 Å². The number of aryl methyl sites for hydroxylation is 1. The molecule has 30 heavy (non-hydrogen) atoms. The van der Waals surface area contributed by atoms with Gasteiger partial charge in [0.15, 0.2) is 0 Å². The minimum Gasteiger partial charge on any atom is -0.356 e. The lowest BCUT2D eigenvalue weighted by Gasteiger charge is -2.33. The van der Waals surface area contributed by atoms with Crippen molar-refractivity contribution in [2.45, 2.75) is 38.5 Å². The van der Waals surface area contributed by atoms with Gasteiger partial charge in [-0.05, 0) is 49.3 Å². The normalized spacial score (nSPS) is 20.2. The van der Waals surface area contributed by atoms with Crippen LogP contribution in [0.2, 0.25) is 0 Å². The van der Waals surface area contributed by atoms with Crippen LogP contribution in [0.25, 0.3) is 21.6 Å². The van der Waals surface area contributed by atoms with Crippen LogP contribution >= 0.6 is 11.3 Å². The SMILES string of the molecule is CCc1cc2c(N3CCC4(CC3)CC4c3nc(-c4cccnc4)no3)ncnc2s1. The quantitative estimate of drug-likeness (QED) is 0.483. The Morgan fingerprint density at radius 3 is 2.97 bits per heavy atom. The third kappa shape index (κ3) is 2.89. The van der Waals surface area contributed by atoms with E-state index in [9.17, 15) is 0 Å². The Balaban J connectivity index is 1.18. The van der Waals surface area contributed by atoms with Crippen molar-refractivity contribution < 1.29 is 4.52 Å². The van der Waals surface area contributed by atoms with Crippen molar-refractivity contribution in [2.75, 3.05) is 18.0 Å². The minimum atomic E-state index is 0.296. The van der Waals surface area contributed by atoms with Gasteiger partial charge in [-0.15, -0.1) is 11.3 Å². The molecule has 4 aromatic heterocycles. The van der Waals surface area contributed by atoms with Crippen molar-refractivity contribution in [3.8, 4) is 11.4 Å². The summed E-state index contributed by atoms with van der Waals surface area (Å²) in [4.78, 5) is 22.8. The van der Waals surface area contributed by atoms with Crippen LogP contribution in [0.1, 0.15) is 42.9 Å². The molecule has 152 valence electrons. The first-order valence-corrected chi connectivity index (χ1v) is 11.3. The van der Waals surface area contributed by atoms with Crippen molar-refractivity contribution in [1.29, 1.82) is 0 Å². The molecule has 2 aliphatic rings. The summed E-state index contributed by atoms with van der Waals surface area (Å²) < 4.78 is 5.63. The highest BCUT2D eigenvalue weighted by atomic mass is 32.1. The fraction of sp³-hybridized carbons (Fsp3) is 0.409. The van der Waals surface area contributed by atoms with E-state index in [1.54, 1.807) is 30.1 Å². The monoisotopic (exact) mass is 418 g/mol. The van der Waals surface area contributed by atoms with E-state index in [2.05, 4.69) is 43.0 Å². The largest absolute Gasteiger partial charge is 0.356 e.